The molecule has 1 aliphatic rings. The molecule has 14 heavy (non-hydrogen) atoms. The lowest BCUT2D eigenvalue weighted by atomic mass is 10.2. The van der Waals surface area contributed by atoms with Gasteiger partial charge in [0.2, 0.25) is 0 Å². The largest absolute Gasteiger partial charge is 0.326 e. The van der Waals surface area contributed by atoms with Gasteiger partial charge in [-0.05, 0) is 25.9 Å². The molecule has 2 atom stereocenters. The third-order valence-electron chi connectivity index (χ3n) is 1.63. The average molecular weight is 245 g/mol. The van der Waals surface area contributed by atoms with E-state index in [0.29, 0.717) is 0 Å². The van der Waals surface area contributed by atoms with E-state index in [9.17, 15) is 9.13 Å². The first-order valence-corrected chi connectivity index (χ1v) is 7.00. The van der Waals surface area contributed by atoms with Crippen molar-refractivity contribution in [2.75, 3.05) is 13.1 Å². The van der Waals surface area contributed by atoms with E-state index in [-0.39, 0.29) is 0 Å². The molecule has 1 saturated heterocycles. The molecule has 1 heterocycles. The number of rotatable bonds is 2. The van der Waals surface area contributed by atoms with E-state index in [4.69, 9.17) is 9.79 Å². The highest BCUT2D eigenvalue weighted by Gasteiger charge is 1.94. The Bertz CT molecular complexity index is 157. The lowest BCUT2D eigenvalue weighted by molar-refractivity contribution is 0.371. The van der Waals surface area contributed by atoms with Gasteiger partial charge in [-0.25, -0.2) is 4.31 Å². The molecule has 86 valence electrons. The molecule has 2 unspecified atom stereocenters. The maximum atomic E-state index is 9.44. The van der Waals surface area contributed by atoms with Gasteiger partial charge in [0.1, 0.15) is 0 Å². The molecule has 0 amide bonds. The highest BCUT2D eigenvalue weighted by Crippen LogP contribution is 2.30. The van der Waals surface area contributed by atoms with E-state index in [2.05, 4.69) is 9.63 Å². The van der Waals surface area contributed by atoms with Crippen molar-refractivity contribution >= 4 is 16.5 Å². The van der Waals surface area contributed by atoms with Crippen LogP contribution in [0.1, 0.15) is 25.7 Å². The summed E-state index contributed by atoms with van der Waals surface area (Å²) < 4.78 is 22.3. The van der Waals surface area contributed by atoms with Gasteiger partial charge in [-0.3, -0.25) is 9.13 Å². The molecule has 0 aromatic carbocycles. The van der Waals surface area contributed by atoms with E-state index in [0.717, 1.165) is 0 Å². The van der Waals surface area contributed by atoms with E-state index in [1.807, 2.05) is 0 Å². The molecule has 6 nitrogen and oxygen atoms in total. The molecule has 0 spiro atoms. The maximum Gasteiger partial charge on any atom is 0.323 e. The van der Waals surface area contributed by atoms with Crippen molar-refractivity contribution in [2.45, 2.75) is 25.7 Å². The van der Waals surface area contributed by atoms with Crippen LogP contribution in [0.15, 0.2) is 0 Å². The molecule has 0 aromatic heterocycles. The Morgan fingerprint density at radius 2 is 1.36 bits per heavy atom. The summed E-state index contributed by atoms with van der Waals surface area (Å²) in [4.78, 5) is 15.4. The lowest BCUT2D eigenvalue weighted by Crippen LogP contribution is -2.12. The van der Waals surface area contributed by atoms with E-state index >= 15 is 0 Å². The molecule has 0 aromatic rings. The van der Waals surface area contributed by atoms with Crippen molar-refractivity contribution in [2.24, 2.45) is 0 Å². The summed E-state index contributed by atoms with van der Waals surface area (Å²) >= 11 is 0. The third-order valence-corrected chi connectivity index (χ3v) is 3.03. The van der Waals surface area contributed by atoms with E-state index in [1.54, 1.807) is 0 Å². The molecule has 0 aliphatic carbocycles. The summed E-state index contributed by atoms with van der Waals surface area (Å²) in [6.07, 6.45) is 5.65. The van der Waals surface area contributed by atoms with Crippen molar-refractivity contribution in [3.05, 3.63) is 0 Å². The van der Waals surface area contributed by atoms with Crippen LogP contribution < -0.4 is 5.32 Å². The Morgan fingerprint density at radius 3 is 1.64 bits per heavy atom. The molecule has 1 aliphatic heterocycles. The highest BCUT2D eigenvalue weighted by molar-refractivity contribution is 7.46. The molecular weight excluding hydrogens is 228 g/mol. The minimum atomic E-state index is -3.20. The van der Waals surface area contributed by atoms with Gasteiger partial charge in [0, 0.05) is 0 Å². The zero-order valence-corrected chi connectivity index (χ0v) is 9.86. The first kappa shape index (κ1) is 14.3. The summed E-state index contributed by atoms with van der Waals surface area (Å²) in [7, 11) is -6.40. The molecular formula is C6H17NO5P2. The average Bonchev–Trinajstić information content (AvgIpc) is 2.32. The topological polar surface area (TPSA) is 95.9 Å². The van der Waals surface area contributed by atoms with Gasteiger partial charge in [-0.2, -0.15) is 0 Å². The van der Waals surface area contributed by atoms with Crippen LogP contribution in [0.25, 0.3) is 0 Å². The fourth-order valence-corrected chi connectivity index (χ4v) is 1.65. The molecule has 0 bridgehead atoms. The van der Waals surface area contributed by atoms with Crippen molar-refractivity contribution in [3.63, 3.8) is 0 Å². The SMILES string of the molecule is C1CCCNCC1.O=[PH](O)O[PH](=O)O. The van der Waals surface area contributed by atoms with Crippen LogP contribution in [-0.2, 0) is 13.4 Å². The number of nitrogens with one attached hydrogen (secondary N) is 1. The Hall–Kier alpha value is 0.300. The smallest absolute Gasteiger partial charge is 0.323 e. The minimum Gasteiger partial charge on any atom is -0.326 e. The molecule has 0 radical (unpaired) electrons. The van der Waals surface area contributed by atoms with Gasteiger partial charge >= 0.3 is 16.5 Å². The van der Waals surface area contributed by atoms with Gasteiger partial charge in [0.15, 0.2) is 0 Å². The van der Waals surface area contributed by atoms with Gasteiger partial charge < -0.3 is 15.1 Å². The zero-order valence-electron chi connectivity index (χ0n) is 7.86. The van der Waals surface area contributed by atoms with Crippen molar-refractivity contribution in [1.29, 1.82) is 0 Å². The van der Waals surface area contributed by atoms with Crippen molar-refractivity contribution in [1.82, 2.24) is 5.32 Å². The second kappa shape index (κ2) is 9.84. The Balaban J connectivity index is 0.000000241. The van der Waals surface area contributed by atoms with Gasteiger partial charge in [0.25, 0.3) is 0 Å². The summed E-state index contributed by atoms with van der Waals surface area (Å²) in [6, 6.07) is 0. The van der Waals surface area contributed by atoms with Gasteiger partial charge in [0.05, 0.1) is 0 Å². The number of hydrogen-bond acceptors (Lipinski definition) is 4. The molecule has 1 fully saturated rings. The van der Waals surface area contributed by atoms with Crippen LogP contribution in [0.4, 0.5) is 0 Å². The van der Waals surface area contributed by atoms with Crippen LogP contribution in [0, 0.1) is 0 Å². The summed E-state index contributed by atoms with van der Waals surface area (Å²) in [5, 5.41) is 3.35. The van der Waals surface area contributed by atoms with Crippen LogP contribution in [0.5, 0.6) is 0 Å². The van der Waals surface area contributed by atoms with Gasteiger partial charge in [-0.15, -0.1) is 0 Å². The third kappa shape index (κ3) is 12.3. The lowest BCUT2D eigenvalue weighted by Gasteiger charge is -1.91. The number of hydrogen-bond donors (Lipinski definition) is 3. The molecule has 0 saturated carbocycles. The second-order valence-electron chi connectivity index (χ2n) is 2.80. The Morgan fingerprint density at radius 1 is 0.929 bits per heavy atom. The van der Waals surface area contributed by atoms with Crippen LogP contribution in [0.2, 0.25) is 0 Å². The summed E-state index contributed by atoms with van der Waals surface area (Å²) in [5.41, 5.74) is 0. The highest BCUT2D eigenvalue weighted by atomic mass is 31.2. The van der Waals surface area contributed by atoms with Crippen molar-refractivity contribution in [3.8, 4) is 0 Å². The Labute approximate surface area is 84.6 Å². The first-order valence-electron chi connectivity index (χ1n) is 4.47. The van der Waals surface area contributed by atoms with Crippen LogP contribution >= 0.6 is 16.5 Å². The second-order valence-corrected chi connectivity index (χ2v) is 4.68. The predicted molar refractivity (Wildman–Crippen MR) is 54.9 cm³/mol. The molecule has 1 rings (SSSR count). The van der Waals surface area contributed by atoms with Crippen LogP contribution in [-0.4, -0.2) is 22.9 Å². The predicted octanol–water partition coefficient (Wildman–Crippen LogP) is 0.917. The monoisotopic (exact) mass is 245 g/mol. The van der Waals surface area contributed by atoms with E-state index < -0.39 is 16.5 Å². The summed E-state index contributed by atoms with van der Waals surface area (Å²) in [5.74, 6) is 0. The molecule has 3 N–H and O–H groups in total. The van der Waals surface area contributed by atoms with Crippen molar-refractivity contribution < 1.29 is 23.2 Å². The van der Waals surface area contributed by atoms with E-state index in [1.165, 1.54) is 38.8 Å². The van der Waals surface area contributed by atoms with Crippen LogP contribution in [0.3, 0.4) is 0 Å². The Kier molecular flexibility index (Phi) is 10.1. The summed E-state index contributed by atoms with van der Waals surface area (Å²) in [6.45, 7) is 2.50. The fourth-order valence-electron chi connectivity index (χ4n) is 1.05. The minimum absolute atomic E-state index is 1.25. The quantitative estimate of drug-likeness (QED) is 0.626. The molecule has 8 heteroatoms. The fraction of sp³-hybridized carbons (Fsp3) is 1.00. The van der Waals surface area contributed by atoms with Gasteiger partial charge in [-0.1, -0.05) is 12.8 Å². The normalized spacial score (nSPS) is 21.3. The first-order chi connectivity index (χ1) is 6.63. The maximum absolute atomic E-state index is 9.44. The zero-order chi connectivity index (χ0) is 10.8. The standard InChI is InChI=1S/C6H13N.H4O5P2/c1-2-4-6-7-5-3-1;1-6(2)5-7(3)4/h7H,1-6H2;6-7H,(H,1,2)(H,3,4).